The zero-order valence-electron chi connectivity index (χ0n) is 15.4. The Morgan fingerprint density at radius 2 is 2.30 bits per heavy atom. The monoisotopic (exact) mass is 373 g/mol. The summed E-state index contributed by atoms with van der Waals surface area (Å²) >= 11 is 0. The molecule has 0 radical (unpaired) electrons. The number of hydrogen-bond donors (Lipinski definition) is 2. The van der Waals surface area contributed by atoms with E-state index in [1.54, 1.807) is 12.1 Å². The van der Waals surface area contributed by atoms with Gasteiger partial charge in [-0.2, -0.15) is 5.10 Å². The zero-order valence-corrected chi connectivity index (χ0v) is 15.4. The topological polar surface area (TPSA) is 81.3 Å². The van der Waals surface area contributed by atoms with Gasteiger partial charge in [-0.1, -0.05) is 13.0 Å². The predicted octanol–water partition coefficient (Wildman–Crippen LogP) is 1.66. The number of aromatic nitrogens is 2. The molecule has 0 unspecified atom stereocenters. The minimum absolute atomic E-state index is 0.117. The molecule has 0 saturated carbocycles. The van der Waals surface area contributed by atoms with Gasteiger partial charge in [-0.25, -0.2) is 4.39 Å². The van der Waals surface area contributed by atoms with Crippen LogP contribution < -0.4 is 10.2 Å². The summed E-state index contributed by atoms with van der Waals surface area (Å²) in [6.07, 6.45) is 2.36. The number of nitrogens with zero attached hydrogens (tertiary/aromatic N) is 3. The lowest BCUT2D eigenvalue weighted by atomic mass is 10.1. The number of nitrogens with one attached hydrogen (secondary N) is 2. The second-order valence-electron chi connectivity index (χ2n) is 7.28. The molecular weight excluding hydrogens is 349 g/mol. The largest absolute Gasteiger partial charge is 0.354 e. The first kappa shape index (κ1) is 17.9. The van der Waals surface area contributed by atoms with Crippen LogP contribution in [0.1, 0.15) is 26.2 Å². The third-order valence-corrected chi connectivity index (χ3v) is 5.69. The summed E-state index contributed by atoms with van der Waals surface area (Å²) in [6.45, 7) is 5.01. The van der Waals surface area contributed by atoms with Crippen LogP contribution in [0.3, 0.4) is 0 Å². The first-order chi connectivity index (χ1) is 13.1. The highest BCUT2D eigenvalue weighted by molar-refractivity contribution is 6.05. The van der Waals surface area contributed by atoms with Crippen LogP contribution in [0.4, 0.5) is 10.2 Å². The number of carbonyl (C=O) groups excluding carboxylic acids is 2. The molecule has 1 aromatic carbocycles. The van der Waals surface area contributed by atoms with E-state index in [0.29, 0.717) is 18.1 Å². The molecule has 2 aliphatic rings. The standard InChI is InChI=1S/C19H24FN5O2/c1-2-24-8-4-5-13(24)10-21-19(27)12-9-16(26)25(11-12)18-17-14(20)6-3-7-15(17)22-23-18/h3,6-7,12-13H,2,4-5,8-11H2,1H3,(H,21,27)(H,22,23)/t12-,13+/m1/s1. The summed E-state index contributed by atoms with van der Waals surface area (Å²) in [5.41, 5.74) is 0.534. The van der Waals surface area contributed by atoms with Crippen molar-refractivity contribution in [2.45, 2.75) is 32.2 Å². The number of fused-ring (bicyclic) bond motifs is 1. The number of carbonyl (C=O) groups is 2. The summed E-state index contributed by atoms with van der Waals surface area (Å²) < 4.78 is 14.2. The van der Waals surface area contributed by atoms with Crippen molar-refractivity contribution < 1.29 is 14.0 Å². The van der Waals surface area contributed by atoms with E-state index >= 15 is 0 Å². The van der Waals surface area contributed by atoms with Gasteiger partial charge >= 0.3 is 0 Å². The number of likely N-dealkylation sites (N-methyl/N-ethyl adjacent to an activating group) is 1. The molecule has 2 fully saturated rings. The molecule has 2 aliphatic heterocycles. The number of rotatable bonds is 5. The summed E-state index contributed by atoms with van der Waals surface area (Å²) in [4.78, 5) is 28.8. The van der Waals surface area contributed by atoms with E-state index in [1.807, 2.05) is 0 Å². The Bertz CT molecular complexity index is 867. The zero-order chi connectivity index (χ0) is 19.0. The molecule has 2 N–H and O–H groups in total. The molecule has 2 amide bonds. The Morgan fingerprint density at radius 3 is 3.11 bits per heavy atom. The van der Waals surface area contributed by atoms with Gasteiger partial charge in [0, 0.05) is 25.6 Å². The number of benzene rings is 1. The van der Waals surface area contributed by atoms with Crippen LogP contribution in [-0.4, -0.2) is 59.1 Å². The highest BCUT2D eigenvalue weighted by atomic mass is 19.1. The predicted molar refractivity (Wildman–Crippen MR) is 99.8 cm³/mol. The van der Waals surface area contributed by atoms with Gasteiger partial charge < -0.3 is 5.32 Å². The Hall–Kier alpha value is -2.48. The molecule has 0 spiro atoms. The van der Waals surface area contributed by atoms with E-state index in [2.05, 4.69) is 27.3 Å². The van der Waals surface area contributed by atoms with Gasteiger partial charge in [0.15, 0.2) is 5.82 Å². The van der Waals surface area contributed by atoms with Gasteiger partial charge in [0.1, 0.15) is 5.82 Å². The van der Waals surface area contributed by atoms with Crippen LogP contribution in [0.5, 0.6) is 0 Å². The van der Waals surface area contributed by atoms with Gasteiger partial charge in [0.25, 0.3) is 0 Å². The molecule has 7 nitrogen and oxygen atoms in total. The summed E-state index contributed by atoms with van der Waals surface area (Å²) in [5, 5.41) is 10.2. The van der Waals surface area contributed by atoms with Crippen molar-refractivity contribution in [3.8, 4) is 0 Å². The lowest BCUT2D eigenvalue weighted by molar-refractivity contribution is -0.126. The molecule has 8 heteroatoms. The highest BCUT2D eigenvalue weighted by Gasteiger charge is 2.37. The molecule has 1 aromatic heterocycles. The van der Waals surface area contributed by atoms with Crippen LogP contribution in [0.2, 0.25) is 0 Å². The van der Waals surface area contributed by atoms with Crippen molar-refractivity contribution >= 4 is 28.5 Å². The fourth-order valence-electron chi connectivity index (χ4n) is 4.20. The van der Waals surface area contributed by atoms with Crippen LogP contribution in [-0.2, 0) is 9.59 Å². The fraction of sp³-hybridized carbons (Fsp3) is 0.526. The SMILES string of the molecule is CCN1CCC[C@H]1CNC(=O)[C@@H]1CC(=O)N(c2n[nH]c3cccc(F)c23)C1. The normalized spacial score (nSPS) is 23.5. The van der Waals surface area contributed by atoms with Crippen LogP contribution in [0.25, 0.3) is 10.9 Å². The van der Waals surface area contributed by atoms with Gasteiger partial charge in [-0.3, -0.25) is 24.5 Å². The Balaban J connectivity index is 1.43. The average molecular weight is 373 g/mol. The molecule has 3 heterocycles. The minimum Gasteiger partial charge on any atom is -0.354 e. The quantitative estimate of drug-likeness (QED) is 0.835. The lowest BCUT2D eigenvalue weighted by Crippen LogP contribution is -2.42. The number of likely N-dealkylation sites (tertiary alicyclic amines) is 1. The van der Waals surface area contributed by atoms with Gasteiger partial charge in [0.2, 0.25) is 11.8 Å². The lowest BCUT2D eigenvalue weighted by Gasteiger charge is -2.23. The molecule has 0 aliphatic carbocycles. The Labute approximate surface area is 156 Å². The fourth-order valence-corrected chi connectivity index (χ4v) is 4.20. The van der Waals surface area contributed by atoms with Gasteiger partial charge in [-0.05, 0) is 38.1 Å². The molecule has 27 heavy (non-hydrogen) atoms. The van der Waals surface area contributed by atoms with Gasteiger partial charge in [0.05, 0.1) is 16.8 Å². The van der Waals surface area contributed by atoms with E-state index in [0.717, 1.165) is 25.9 Å². The van der Waals surface area contributed by atoms with E-state index in [9.17, 15) is 14.0 Å². The molecule has 2 aromatic rings. The molecule has 2 saturated heterocycles. The van der Waals surface area contributed by atoms with E-state index in [1.165, 1.54) is 11.0 Å². The van der Waals surface area contributed by atoms with Crippen molar-refractivity contribution in [1.82, 2.24) is 20.4 Å². The number of halogens is 1. The van der Waals surface area contributed by atoms with Crippen LogP contribution >= 0.6 is 0 Å². The van der Waals surface area contributed by atoms with Crippen LogP contribution in [0, 0.1) is 11.7 Å². The first-order valence-electron chi connectivity index (χ1n) is 9.53. The Kier molecular flexibility index (Phi) is 4.82. The van der Waals surface area contributed by atoms with Crippen molar-refractivity contribution in [1.29, 1.82) is 0 Å². The molecule has 0 bridgehead atoms. The molecule has 4 rings (SSSR count). The summed E-state index contributed by atoms with van der Waals surface area (Å²) in [7, 11) is 0. The number of anilines is 1. The third-order valence-electron chi connectivity index (χ3n) is 5.69. The maximum atomic E-state index is 14.2. The smallest absolute Gasteiger partial charge is 0.229 e. The van der Waals surface area contributed by atoms with E-state index in [4.69, 9.17) is 0 Å². The summed E-state index contributed by atoms with van der Waals surface area (Å²) in [5.74, 6) is -0.932. The molecule has 2 atom stereocenters. The van der Waals surface area contributed by atoms with Crippen LogP contribution in [0.15, 0.2) is 18.2 Å². The van der Waals surface area contributed by atoms with Crippen molar-refractivity contribution in [2.24, 2.45) is 5.92 Å². The Morgan fingerprint density at radius 1 is 1.44 bits per heavy atom. The molecular formula is C19H24FN5O2. The molecule has 144 valence electrons. The number of aromatic amines is 1. The first-order valence-corrected chi connectivity index (χ1v) is 9.53. The third kappa shape index (κ3) is 3.29. The van der Waals surface area contributed by atoms with Crippen molar-refractivity contribution in [2.75, 3.05) is 31.1 Å². The van der Waals surface area contributed by atoms with E-state index in [-0.39, 0.29) is 36.0 Å². The minimum atomic E-state index is -0.437. The van der Waals surface area contributed by atoms with Crippen molar-refractivity contribution in [3.05, 3.63) is 24.0 Å². The maximum absolute atomic E-state index is 14.2. The second-order valence-corrected chi connectivity index (χ2v) is 7.28. The number of amides is 2. The number of H-pyrrole nitrogens is 1. The second kappa shape index (κ2) is 7.26. The maximum Gasteiger partial charge on any atom is 0.229 e. The van der Waals surface area contributed by atoms with Crippen molar-refractivity contribution in [3.63, 3.8) is 0 Å². The average Bonchev–Trinajstić information content (AvgIpc) is 3.37. The highest BCUT2D eigenvalue weighted by Crippen LogP contribution is 2.31. The van der Waals surface area contributed by atoms with E-state index < -0.39 is 11.7 Å². The summed E-state index contributed by atoms with van der Waals surface area (Å²) in [6, 6.07) is 5.01. The number of hydrogen-bond acceptors (Lipinski definition) is 4. The van der Waals surface area contributed by atoms with Gasteiger partial charge in [-0.15, -0.1) is 0 Å².